The van der Waals surface area contributed by atoms with Gasteiger partial charge >= 0.3 is 0 Å². The number of hydrogen-bond donors (Lipinski definition) is 1. The molecule has 0 bridgehead atoms. The summed E-state index contributed by atoms with van der Waals surface area (Å²) in [7, 11) is -3.52. The molecule has 5 heteroatoms. The molecule has 20 heavy (non-hydrogen) atoms. The highest BCUT2D eigenvalue weighted by atomic mass is 32.2. The first-order chi connectivity index (χ1) is 9.47. The summed E-state index contributed by atoms with van der Waals surface area (Å²) in [4.78, 5) is 0.225. The Kier molecular flexibility index (Phi) is 3.11. The number of benzene rings is 1. The molecule has 0 amide bonds. The van der Waals surface area contributed by atoms with Crippen molar-refractivity contribution in [3.05, 3.63) is 29.3 Å². The summed E-state index contributed by atoms with van der Waals surface area (Å²) in [5.41, 5.74) is 1.28. The molecule has 106 valence electrons. The van der Waals surface area contributed by atoms with E-state index in [0.29, 0.717) is 17.7 Å². The Morgan fingerprint density at radius 2 is 2.10 bits per heavy atom. The maximum atomic E-state index is 12.4. The van der Waals surface area contributed by atoms with Gasteiger partial charge < -0.3 is 0 Å². The summed E-state index contributed by atoms with van der Waals surface area (Å²) in [5.74, 6) is 0.719. The van der Waals surface area contributed by atoms with Gasteiger partial charge in [0.1, 0.15) is 0 Å². The van der Waals surface area contributed by atoms with Crippen LogP contribution in [0.4, 0.5) is 0 Å². The van der Waals surface area contributed by atoms with Gasteiger partial charge in [-0.25, -0.2) is 13.1 Å². The Bertz CT molecular complexity index is 680. The molecule has 2 fully saturated rings. The van der Waals surface area contributed by atoms with Crippen molar-refractivity contribution in [3.63, 3.8) is 0 Å². The molecular formula is C15H18N2O2S. The van der Waals surface area contributed by atoms with Gasteiger partial charge in [0.05, 0.1) is 16.5 Å². The van der Waals surface area contributed by atoms with Gasteiger partial charge in [-0.3, -0.25) is 0 Å². The van der Waals surface area contributed by atoms with E-state index in [0.717, 1.165) is 18.8 Å². The highest BCUT2D eigenvalue weighted by molar-refractivity contribution is 7.89. The van der Waals surface area contributed by atoms with Crippen molar-refractivity contribution >= 4 is 10.0 Å². The van der Waals surface area contributed by atoms with E-state index in [2.05, 4.69) is 4.72 Å². The van der Waals surface area contributed by atoms with Crippen LogP contribution in [0.3, 0.4) is 0 Å². The monoisotopic (exact) mass is 290 g/mol. The lowest BCUT2D eigenvalue weighted by Gasteiger charge is -2.16. The lowest BCUT2D eigenvalue weighted by molar-refractivity contribution is 0.432. The van der Waals surface area contributed by atoms with Gasteiger partial charge in [0.25, 0.3) is 0 Å². The van der Waals surface area contributed by atoms with E-state index in [9.17, 15) is 8.42 Å². The first-order valence-electron chi connectivity index (χ1n) is 6.97. The van der Waals surface area contributed by atoms with Crippen LogP contribution in [-0.2, 0) is 10.0 Å². The molecule has 4 nitrogen and oxygen atoms in total. The van der Waals surface area contributed by atoms with E-state index >= 15 is 0 Å². The van der Waals surface area contributed by atoms with E-state index in [-0.39, 0.29) is 10.3 Å². The Hall–Kier alpha value is -1.38. The number of hydrogen-bond acceptors (Lipinski definition) is 3. The standard InChI is InChI=1S/C15H18N2O2S/c1-11-2-3-12(9-16)8-14(11)20(18,19)17-10-15(6-7-15)13-4-5-13/h2-3,8,13,17H,4-7,10H2,1H3. The van der Waals surface area contributed by atoms with Crippen molar-refractivity contribution < 1.29 is 8.42 Å². The van der Waals surface area contributed by atoms with Crippen LogP contribution in [0, 0.1) is 29.6 Å². The second-order valence-corrected chi connectivity index (χ2v) is 7.79. The highest BCUT2D eigenvalue weighted by Crippen LogP contribution is 2.60. The molecule has 1 aromatic carbocycles. The lowest BCUT2D eigenvalue weighted by atomic mass is 10.0. The average molecular weight is 290 g/mol. The second-order valence-electron chi connectivity index (χ2n) is 6.05. The number of rotatable bonds is 5. The van der Waals surface area contributed by atoms with Crippen LogP contribution in [0.15, 0.2) is 23.1 Å². The molecule has 3 rings (SSSR count). The molecule has 0 heterocycles. The first-order valence-corrected chi connectivity index (χ1v) is 8.46. The Morgan fingerprint density at radius 1 is 1.40 bits per heavy atom. The zero-order chi connectivity index (χ0) is 14.4. The minimum absolute atomic E-state index is 0.225. The number of aryl methyl sites for hydroxylation is 1. The van der Waals surface area contributed by atoms with Crippen molar-refractivity contribution in [1.29, 1.82) is 5.26 Å². The molecular weight excluding hydrogens is 272 g/mol. The Morgan fingerprint density at radius 3 is 2.65 bits per heavy atom. The zero-order valence-electron chi connectivity index (χ0n) is 11.5. The van der Waals surface area contributed by atoms with Crippen molar-refractivity contribution in [2.45, 2.75) is 37.5 Å². The molecule has 0 unspecified atom stereocenters. The quantitative estimate of drug-likeness (QED) is 0.904. The fourth-order valence-corrected chi connectivity index (χ4v) is 4.27. The van der Waals surface area contributed by atoms with E-state index in [1.54, 1.807) is 19.1 Å². The normalized spacial score (nSPS) is 20.4. The first kappa shape index (κ1) is 13.6. The van der Waals surface area contributed by atoms with Crippen LogP contribution >= 0.6 is 0 Å². The van der Waals surface area contributed by atoms with Crippen LogP contribution in [0.1, 0.15) is 36.8 Å². The number of nitrogens with zero attached hydrogens (tertiary/aromatic N) is 1. The fourth-order valence-electron chi connectivity index (χ4n) is 2.86. The predicted molar refractivity (Wildman–Crippen MR) is 75.5 cm³/mol. The molecule has 1 aromatic rings. The van der Waals surface area contributed by atoms with Gasteiger partial charge in [0, 0.05) is 6.54 Å². The van der Waals surface area contributed by atoms with Gasteiger partial charge in [0.2, 0.25) is 10.0 Å². The maximum Gasteiger partial charge on any atom is 0.240 e. The van der Waals surface area contributed by atoms with Gasteiger partial charge in [-0.2, -0.15) is 5.26 Å². The molecule has 0 aliphatic heterocycles. The summed E-state index contributed by atoms with van der Waals surface area (Å²) < 4.78 is 27.6. The zero-order valence-corrected chi connectivity index (χ0v) is 12.3. The fraction of sp³-hybridized carbons (Fsp3) is 0.533. The summed E-state index contributed by atoms with van der Waals surface area (Å²) in [6, 6.07) is 6.76. The third-order valence-electron chi connectivity index (χ3n) is 4.56. The topological polar surface area (TPSA) is 70.0 Å². The molecule has 0 radical (unpaired) electrons. The van der Waals surface area contributed by atoms with Gasteiger partial charge in [0.15, 0.2) is 0 Å². The Balaban J connectivity index is 1.79. The van der Waals surface area contributed by atoms with Crippen LogP contribution in [0.25, 0.3) is 0 Å². The van der Waals surface area contributed by atoms with Gasteiger partial charge in [-0.15, -0.1) is 0 Å². The molecule has 2 aliphatic rings. The van der Waals surface area contributed by atoms with Crippen LogP contribution in [0.5, 0.6) is 0 Å². The molecule has 0 spiro atoms. The number of nitrogens with one attached hydrogen (secondary N) is 1. The molecule has 1 N–H and O–H groups in total. The SMILES string of the molecule is Cc1ccc(C#N)cc1S(=O)(=O)NCC1(C2CC2)CC1. The second kappa shape index (κ2) is 4.57. The van der Waals surface area contributed by atoms with Crippen molar-refractivity contribution in [3.8, 4) is 6.07 Å². The number of nitriles is 1. The van der Waals surface area contributed by atoms with E-state index in [1.807, 2.05) is 6.07 Å². The van der Waals surface area contributed by atoms with Crippen LogP contribution in [0.2, 0.25) is 0 Å². The van der Waals surface area contributed by atoms with Crippen molar-refractivity contribution in [2.24, 2.45) is 11.3 Å². The van der Waals surface area contributed by atoms with Gasteiger partial charge in [-0.05, 0) is 61.6 Å². The third-order valence-corrected chi connectivity index (χ3v) is 6.10. The summed E-state index contributed by atoms with van der Waals surface area (Å²) in [5, 5.41) is 8.90. The highest BCUT2D eigenvalue weighted by Gasteiger charge is 2.53. The summed E-state index contributed by atoms with van der Waals surface area (Å²) in [6.07, 6.45) is 4.75. The molecule has 0 atom stereocenters. The number of sulfonamides is 1. The summed E-state index contributed by atoms with van der Waals surface area (Å²) >= 11 is 0. The van der Waals surface area contributed by atoms with E-state index < -0.39 is 10.0 Å². The van der Waals surface area contributed by atoms with Gasteiger partial charge in [-0.1, -0.05) is 6.07 Å². The smallest absolute Gasteiger partial charge is 0.211 e. The molecule has 2 saturated carbocycles. The van der Waals surface area contributed by atoms with Crippen LogP contribution in [-0.4, -0.2) is 15.0 Å². The molecule has 2 aliphatic carbocycles. The lowest BCUT2D eigenvalue weighted by Crippen LogP contribution is -2.31. The van der Waals surface area contributed by atoms with E-state index in [1.165, 1.54) is 18.9 Å². The molecule has 0 aromatic heterocycles. The third kappa shape index (κ3) is 2.46. The largest absolute Gasteiger partial charge is 0.240 e. The predicted octanol–water partition coefficient (Wildman–Crippen LogP) is 2.34. The van der Waals surface area contributed by atoms with Crippen molar-refractivity contribution in [1.82, 2.24) is 4.72 Å². The summed E-state index contributed by atoms with van der Waals surface area (Å²) in [6.45, 7) is 2.29. The Labute approximate surface area is 119 Å². The van der Waals surface area contributed by atoms with E-state index in [4.69, 9.17) is 5.26 Å². The average Bonchev–Trinajstić information content (AvgIpc) is 3.28. The molecule has 0 saturated heterocycles. The van der Waals surface area contributed by atoms with Crippen LogP contribution < -0.4 is 4.72 Å². The minimum Gasteiger partial charge on any atom is -0.211 e. The minimum atomic E-state index is -3.52. The maximum absolute atomic E-state index is 12.4. The van der Waals surface area contributed by atoms with Crippen molar-refractivity contribution in [2.75, 3.05) is 6.54 Å².